The van der Waals surface area contributed by atoms with Crippen LogP contribution in [0.4, 0.5) is 0 Å². The summed E-state index contributed by atoms with van der Waals surface area (Å²) in [5.41, 5.74) is 7.10. The normalized spacial score (nSPS) is 13.3. The van der Waals surface area contributed by atoms with Gasteiger partial charge in [-0.05, 0) is 119 Å². The third-order valence-electron chi connectivity index (χ3n) is 10.7. The fourth-order valence-electron chi connectivity index (χ4n) is 7.81. The first-order valence-corrected chi connectivity index (χ1v) is 23.7. The van der Waals surface area contributed by atoms with Gasteiger partial charge < -0.3 is 29.8 Å². The van der Waals surface area contributed by atoms with Crippen molar-refractivity contribution in [2.24, 2.45) is 0 Å². The van der Waals surface area contributed by atoms with E-state index in [1.165, 1.54) is 36.4 Å². The van der Waals surface area contributed by atoms with Crippen molar-refractivity contribution in [3.05, 3.63) is 212 Å². The van der Waals surface area contributed by atoms with Crippen molar-refractivity contribution in [3.63, 3.8) is 0 Å². The molecule has 4 aromatic carbocycles. The van der Waals surface area contributed by atoms with Crippen LogP contribution in [0.5, 0.6) is 5.75 Å². The topological polar surface area (TPSA) is 273 Å². The SMILES string of the molecule is O=C(O)COc1ccc(C2=c3ccc([nH]3)=C(c3ccc(S(=O)(=O)O)cc3)c3ccc([nH]3)C(c3ccc(S(=O)(=O)O)cc3)=c3ccc([nH]3)=C(c3ccc(S(=O)(=O)O)cc3)c3ccc2[nH]3)cc1. The molecule has 4 aromatic heterocycles. The predicted octanol–water partition coefficient (Wildman–Crippen LogP) is 3.51. The van der Waals surface area contributed by atoms with Gasteiger partial charge in [0, 0.05) is 66.5 Å². The number of aromatic nitrogens is 4. The van der Waals surface area contributed by atoms with Gasteiger partial charge in [-0.25, -0.2) is 4.79 Å². The number of H-pyrrole nitrogens is 4. The number of carboxylic acid groups (broad SMARTS) is 1. The smallest absolute Gasteiger partial charge is 0.341 e. The summed E-state index contributed by atoms with van der Waals surface area (Å²) in [5.74, 6) is -0.808. The van der Waals surface area contributed by atoms with Crippen LogP contribution in [0.2, 0.25) is 0 Å². The van der Waals surface area contributed by atoms with E-state index in [0.717, 1.165) is 0 Å². The number of rotatable bonds is 10. The second kappa shape index (κ2) is 16.2. The van der Waals surface area contributed by atoms with Crippen LogP contribution in [0.15, 0.2) is 160 Å². The molecule has 1 aliphatic heterocycles. The molecule has 1 aliphatic rings. The molecule has 0 fully saturated rings. The van der Waals surface area contributed by atoms with E-state index >= 15 is 0 Å². The van der Waals surface area contributed by atoms with Gasteiger partial charge in [0.25, 0.3) is 30.4 Å². The first-order chi connectivity index (χ1) is 30.9. The molecule has 9 rings (SSSR count). The molecule has 65 heavy (non-hydrogen) atoms. The van der Waals surface area contributed by atoms with Gasteiger partial charge >= 0.3 is 5.97 Å². The number of aliphatic carboxylic acids is 1. The molecule has 0 atom stereocenters. The maximum Gasteiger partial charge on any atom is 0.341 e. The predicted molar refractivity (Wildman–Crippen MR) is 236 cm³/mol. The van der Waals surface area contributed by atoms with Gasteiger partial charge in [-0.1, -0.05) is 48.5 Å². The third kappa shape index (κ3) is 8.62. The molecular formula is C46H34N4O12S3. The van der Waals surface area contributed by atoms with E-state index in [-0.39, 0.29) is 14.7 Å². The first-order valence-electron chi connectivity index (χ1n) is 19.4. The second-order valence-corrected chi connectivity index (χ2v) is 19.1. The summed E-state index contributed by atoms with van der Waals surface area (Å²) >= 11 is 0. The fourth-order valence-corrected chi connectivity index (χ4v) is 9.26. The Morgan fingerprint density at radius 2 is 0.646 bits per heavy atom. The lowest BCUT2D eigenvalue weighted by atomic mass is 10.0. The lowest BCUT2D eigenvalue weighted by Gasteiger charge is -2.11. The van der Waals surface area contributed by atoms with Crippen LogP contribution >= 0.6 is 0 Å². The lowest BCUT2D eigenvalue weighted by molar-refractivity contribution is -0.139. The molecule has 0 saturated carbocycles. The van der Waals surface area contributed by atoms with Gasteiger partial charge in [-0.3, -0.25) is 13.7 Å². The minimum absolute atomic E-state index is 0.305. The highest BCUT2D eigenvalue weighted by molar-refractivity contribution is 7.86. The van der Waals surface area contributed by atoms with Gasteiger partial charge in [0.05, 0.1) is 14.7 Å². The molecule has 8 bridgehead atoms. The van der Waals surface area contributed by atoms with Crippen LogP contribution in [0.1, 0.15) is 45.0 Å². The minimum atomic E-state index is -4.53. The molecular weight excluding hydrogens is 897 g/mol. The van der Waals surface area contributed by atoms with Crippen LogP contribution in [-0.4, -0.2) is 76.5 Å². The number of nitrogens with one attached hydrogen (secondary N) is 4. The summed E-state index contributed by atoms with van der Waals surface area (Å²) in [6.45, 7) is -0.538. The van der Waals surface area contributed by atoms with E-state index in [2.05, 4.69) is 19.9 Å². The molecule has 0 radical (unpaired) electrons. The number of ether oxygens (including phenoxy) is 1. The first kappa shape index (κ1) is 42.8. The molecule has 8 N–H and O–H groups in total. The third-order valence-corrected chi connectivity index (χ3v) is 13.3. The van der Waals surface area contributed by atoms with Gasteiger partial charge in [-0.15, -0.1) is 0 Å². The second-order valence-electron chi connectivity index (χ2n) is 14.8. The van der Waals surface area contributed by atoms with Crippen molar-refractivity contribution < 1.29 is 53.5 Å². The molecule has 0 amide bonds. The van der Waals surface area contributed by atoms with Crippen molar-refractivity contribution in [3.8, 4) is 5.75 Å². The van der Waals surface area contributed by atoms with Gasteiger partial charge in [-0.2, -0.15) is 25.3 Å². The summed E-state index contributed by atoms with van der Waals surface area (Å²) < 4.78 is 107. The van der Waals surface area contributed by atoms with Gasteiger partial charge in [0.2, 0.25) is 0 Å². The Labute approximate surface area is 369 Å². The molecule has 0 unspecified atom stereocenters. The lowest BCUT2D eigenvalue weighted by Crippen LogP contribution is -2.19. The van der Waals surface area contributed by atoms with E-state index < -0.39 is 42.9 Å². The van der Waals surface area contributed by atoms with Crippen molar-refractivity contribution in [2.45, 2.75) is 14.7 Å². The molecule has 19 heteroatoms. The van der Waals surface area contributed by atoms with Gasteiger partial charge in [0.15, 0.2) is 6.61 Å². The van der Waals surface area contributed by atoms with E-state index in [0.29, 0.717) is 94.5 Å². The van der Waals surface area contributed by atoms with Crippen LogP contribution in [0, 0.1) is 0 Å². The molecule has 5 heterocycles. The molecule has 0 saturated heterocycles. The summed E-state index contributed by atoms with van der Waals surface area (Å²) in [7, 11) is -13.6. The number of benzene rings is 4. The average Bonchev–Trinajstić information content (AvgIpc) is 4.11. The van der Waals surface area contributed by atoms with E-state index in [1.54, 1.807) is 60.7 Å². The number of aromatic amines is 4. The Bertz CT molecular complexity index is 3790. The maximum absolute atomic E-state index is 12.1. The number of fused-ring (bicyclic) bond motifs is 8. The zero-order valence-corrected chi connectivity index (χ0v) is 35.8. The van der Waals surface area contributed by atoms with E-state index in [4.69, 9.17) is 4.74 Å². The Hall–Kier alpha value is -7.52. The highest BCUT2D eigenvalue weighted by atomic mass is 32.2. The van der Waals surface area contributed by atoms with Crippen molar-refractivity contribution in [1.29, 1.82) is 0 Å². The van der Waals surface area contributed by atoms with Crippen LogP contribution in [-0.2, 0) is 35.1 Å². The number of hydrogen-bond acceptors (Lipinski definition) is 8. The monoisotopic (exact) mass is 930 g/mol. The average molecular weight is 931 g/mol. The van der Waals surface area contributed by atoms with E-state index in [9.17, 15) is 48.8 Å². The molecule has 16 nitrogen and oxygen atoms in total. The summed E-state index contributed by atoms with van der Waals surface area (Å²) in [6, 6.07) is 38.6. The zero-order valence-electron chi connectivity index (χ0n) is 33.3. The zero-order chi connectivity index (χ0) is 45.8. The summed E-state index contributed by atoms with van der Waals surface area (Å²) in [6.07, 6.45) is 0. The van der Waals surface area contributed by atoms with Crippen molar-refractivity contribution in [1.82, 2.24) is 19.9 Å². The number of carbonyl (C=O) groups is 1. The highest BCUT2D eigenvalue weighted by Gasteiger charge is 2.21. The minimum Gasteiger partial charge on any atom is -0.482 e. The number of hydrogen-bond donors (Lipinski definition) is 8. The number of carboxylic acids is 1. The van der Waals surface area contributed by atoms with Crippen LogP contribution in [0.3, 0.4) is 0 Å². The highest BCUT2D eigenvalue weighted by Crippen LogP contribution is 2.30. The quantitative estimate of drug-likeness (QED) is 0.0916. The summed E-state index contributed by atoms with van der Waals surface area (Å²) in [5, 5.41) is 11.5. The van der Waals surface area contributed by atoms with Crippen LogP contribution in [0.25, 0.3) is 22.3 Å². The Balaban J connectivity index is 1.37. The van der Waals surface area contributed by atoms with E-state index in [1.807, 2.05) is 48.5 Å². The van der Waals surface area contributed by atoms with Crippen molar-refractivity contribution in [2.75, 3.05) is 6.61 Å². The summed E-state index contributed by atoms with van der Waals surface area (Å²) in [4.78, 5) is 24.4. The molecule has 0 spiro atoms. The molecule has 0 aliphatic carbocycles. The Kier molecular flexibility index (Phi) is 10.7. The standard InChI is InChI=1S/C46H34N4O12S3/c51-42(52)25-62-30-9-1-26(2-10-30)43-34-17-19-36(47-34)44(27-3-11-31(12-4-27)63(53,54)55)38-21-23-40(49-38)46(29-7-15-33(16-8-29)65(59,60)61)41-24-22-39(50-41)45(37-20-18-35(43)48-37)28-5-13-32(14-6-28)64(56,57)58/h1-24,47-50H,25H2,(H,51,52)(H,53,54,55)(H,56,57,58)(H,59,60,61). The molecule has 8 aromatic rings. The maximum atomic E-state index is 12.1. The Morgan fingerprint density at radius 1 is 0.385 bits per heavy atom. The largest absolute Gasteiger partial charge is 0.482 e. The van der Waals surface area contributed by atoms with Crippen molar-refractivity contribution >= 4 is 58.6 Å². The van der Waals surface area contributed by atoms with Gasteiger partial charge in [0.1, 0.15) is 5.75 Å². The fraction of sp³-hybridized carbons (Fsp3) is 0.0217. The Morgan fingerprint density at radius 3 is 0.892 bits per heavy atom. The molecule has 328 valence electrons. The van der Waals surface area contributed by atoms with Crippen LogP contribution < -0.4 is 26.1 Å².